The summed E-state index contributed by atoms with van der Waals surface area (Å²) in [5, 5.41) is 58.2. The summed E-state index contributed by atoms with van der Waals surface area (Å²) in [6, 6.07) is -3.19. The van der Waals surface area contributed by atoms with Crippen LogP contribution in [0.4, 0.5) is 0 Å². The molecular formula is C21H43N3O13. The van der Waals surface area contributed by atoms with E-state index >= 15 is 0 Å². The van der Waals surface area contributed by atoms with Crippen LogP contribution in [0.1, 0.15) is 6.92 Å². The first-order valence-corrected chi connectivity index (χ1v) is 11.9. The molecule has 0 amide bonds. The van der Waals surface area contributed by atoms with Crippen molar-refractivity contribution >= 4 is 0 Å². The normalized spacial score (nSPS) is 48.7. The molecule has 0 bridgehead atoms. The molecule has 3 fully saturated rings. The lowest BCUT2D eigenvalue weighted by Crippen LogP contribution is -2.68. The Morgan fingerprint density at radius 3 is 1.54 bits per heavy atom. The molecule has 3 saturated heterocycles. The minimum absolute atomic E-state index is 0.458. The van der Waals surface area contributed by atoms with Gasteiger partial charge in [0.2, 0.25) is 0 Å². The first kappa shape index (κ1) is 32.6. The molecule has 15 atom stereocenters. The van der Waals surface area contributed by atoms with Gasteiger partial charge in [0.25, 0.3) is 0 Å². The predicted molar refractivity (Wildman–Crippen MR) is 123 cm³/mol. The van der Waals surface area contributed by atoms with Crippen molar-refractivity contribution in [3.8, 4) is 0 Å². The largest absolute Gasteiger partial charge is 0.400 e. The lowest BCUT2D eigenvalue weighted by atomic mass is 9.95. The van der Waals surface area contributed by atoms with Crippen LogP contribution >= 0.6 is 0 Å². The molecule has 3 heterocycles. The molecule has 16 heteroatoms. The van der Waals surface area contributed by atoms with Gasteiger partial charge in [-0.05, 0) is 6.92 Å². The Morgan fingerprint density at radius 1 is 0.622 bits per heavy atom. The second-order valence-electron chi connectivity index (χ2n) is 9.00. The van der Waals surface area contributed by atoms with Gasteiger partial charge < -0.3 is 81.0 Å². The highest BCUT2D eigenvalue weighted by Crippen LogP contribution is 2.31. The van der Waals surface area contributed by atoms with Crippen LogP contribution in [0.3, 0.4) is 0 Å². The molecular weight excluding hydrogens is 502 g/mol. The van der Waals surface area contributed by atoms with E-state index < -0.39 is 105 Å². The molecule has 0 spiro atoms. The van der Waals surface area contributed by atoms with Gasteiger partial charge in [0, 0.05) is 21.3 Å². The summed E-state index contributed by atoms with van der Waals surface area (Å²) >= 11 is 0. The number of aliphatic hydroxyl groups excluding tert-OH is 6. The van der Waals surface area contributed by atoms with E-state index in [0.29, 0.717) is 0 Å². The van der Waals surface area contributed by atoms with Crippen molar-refractivity contribution in [1.29, 1.82) is 0 Å². The third-order valence-electron chi connectivity index (χ3n) is 6.74. The zero-order valence-corrected chi connectivity index (χ0v) is 21.3. The molecule has 0 aromatic heterocycles. The second kappa shape index (κ2) is 14.7. The maximum Gasteiger partial charge on any atom is 0.176 e. The van der Waals surface area contributed by atoms with Crippen LogP contribution in [-0.2, 0) is 33.2 Å². The van der Waals surface area contributed by atoms with Crippen molar-refractivity contribution in [3.05, 3.63) is 0 Å². The summed E-state index contributed by atoms with van der Waals surface area (Å²) in [6.45, 7) is 0.626. The number of rotatable bonds is 8. The maximum absolute atomic E-state index is 10.9. The third-order valence-corrected chi connectivity index (χ3v) is 6.74. The zero-order valence-electron chi connectivity index (χ0n) is 21.3. The fraction of sp³-hybridized carbons (Fsp3) is 1.00. The zero-order chi connectivity index (χ0) is 28.0. The van der Waals surface area contributed by atoms with Crippen molar-refractivity contribution in [3.63, 3.8) is 0 Å². The number of nitrogens with two attached hydrogens (primary N) is 3. The summed E-state index contributed by atoms with van der Waals surface area (Å²) in [4.78, 5) is 0. The monoisotopic (exact) mass is 545 g/mol. The van der Waals surface area contributed by atoms with Gasteiger partial charge in [-0.1, -0.05) is 0 Å². The van der Waals surface area contributed by atoms with Gasteiger partial charge in [-0.3, -0.25) is 0 Å². The number of methoxy groups -OCH3 is 2. The van der Waals surface area contributed by atoms with Gasteiger partial charge in [-0.25, -0.2) is 0 Å². The van der Waals surface area contributed by atoms with Gasteiger partial charge in [0.15, 0.2) is 18.9 Å². The summed E-state index contributed by atoms with van der Waals surface area (Å²) < 4.78 is 38.9. The Labute approximate surface area is 215 Å². The topological polar surface area (TPSA) is 264 Å². The molecule has 37 heavy (non-hydrogen) atoms. The Morgan fingerprint density at radius 2 is 1.03 bits per heavy atom. The SMILES string of the molecule is CO.COC1OC(CO)C(OC2OC(C)C(OC3OC(CO)C(OC)C(O)C3N)C(O)C2N)C(O)C1N. The lowest BCUT2D eigenvalue weighted by Gasteiger charge is -2.48. The third kappa shape index (κ3) is 6.93. The van der Waals surface area contributed by atoms with E-state index in [2.05, 4.69) is 0 Å². The van der Waals surface area contributed by atoms with Crippen LogP contribution in [-0.4, -0.2) is 157 Å². The van der Waals surface area contributed by atoms with Crippen LogP contribution in [0, 0.1) is 0 Å². The number of hydrogen-bond acceptors (Lipinski definition) is 16. The van der Waals surface area contributed by atoms with E-state index in [1.165, 1.54) is 14.2 Å². The summed E-state index contributed by atoms with van der Waals surface area (Å²) in [7, 11) is 3.70. The standard InChI is InChI=1S/C20H39N3O12.CH4O/c1-6-15(34-20-11(23)13(27)16(29-2)7(4-24)33-20)12(26)10(22)19(31-6)35-17-8(5-25)32-18(30-3)9(21)14(17)28;1-2/h6-20,24-28H,4-5,21-23H2,1-3H3;2H,1H3. The van der Waals surface area contributed by atoms with Gasteiger partial charge in [-0.15, -0.1) is 0 Å². The van der Waals surface area contributed by atoms with Crippen molar-refractivity contribution < 1.29 is 63.8 Å². The summed E-state index contributed by atoms with van der Waals surface area (Å²) in [6.07, 6.45) is -13.0. The van der Waals surface area contributed by atoms with Crippen LogP contribution in [0.25, 0.3) is 0 Å². The molecule has 0 aromatic carbocycles. The molecule has 220 valence electrons. The Balaban J connectivity index is 0.00000235. The van der Waals surface area contributed by atoms with E-state index in [1.807, 2.05) is 0 Å². The number of ether oxygens (including phenoxy) is 7. The predicted octanol–water partition coefficient (Wildman–Crippen LogP) is -5.73. The van der Waals surface area contributed by atoms with Crippen LogP contribution < -0.4 is 17.2 Å². The fourth-order valence-corrected chi connectivity index (χ4v) is 4.63. The Kier molecular flexibility index (Phi) is 12.9. The maximum atomic E-state index is 10.9. The van der Waals surface area contributed by atoms with E-state index in [9.17, 15) is 25.5 Å². The minimum Gasteiger partial charge on any atom is -0.400 e. The van der Waals surface area contributed by atoms with Crippen molar-refractivity contribution in [1.82, 2.24) is 0 Å². The Hall–Kier alpha value is -0.640. The minimum atomic E-state index is -1.35. The van der Waals surface area contributed by atoms with Crippen molar-refractivity contribution in [2.75, 3.05) is 34.5 Å². The fourth-order valence-electron chi connectivity index (χ4n) is 4.63. The van der Waals surface area contributed by atoms with E-state index in [4.69, 9.17) is 55.5 Å². The van der Waals surface area contributed by atoms with Crippen LogP contribution in [0.2, 0.25) is 0 Å². The van der Waals surface area contributed by atoms with Crippen LogP contribution in [0.5, 0.6) is 0 Å². The first-order chi connectivity index (χ1) is 17.6. The summed E-state index contributed by atoms with van der Waals surface area (Å²) in [5.74, 6) is 0. The quantitative estimate of drug-likeness (QED) is 0.137. The molecule has 0 radical (unpaired) electrons. The second-order valence-corrected chi connectivity index (χ2v) is 9.00. The van der Waals surface area contributed by atoms with E-state index in [1.54, 1.807) is 6.92 Å². The van der Waals surface area contributed by atoms with Crippen molar-refractivity contribution in [2.24, 2.45) is 17.2 Å². The highest BCUT2D eigenvalue weighted by atomic mass is 16.7. The lowest BCUT2D eigenvalue weighted by molar-refractivity contribution is -0.345. The average Bonchev–Trinajstić information content (AvgIpc) is 2.91. The molecule has 15 unspecified atom stereocenters. The average molecular weight is 546 g/mol. The van der Waals surface area contributed by atoms with Gasteiger partial charge in [0.1, 0.15) is 48.8 Å². The Bertz CT molecular complexity index is 665. The molecule has 0 aliphatic carbocycles. The van der Waals surface area contributed by atoms with Gasteiger partial charge in [-0.2, -0.15) is 0 Å². The molecule has 3 aliphatic rings. The highest BCUT2D eigenvalue weighted by Gasteiger charge is 2.51. The number of aliphatic hydroxyl groups is 6. The van der Waals surface area contributed by atoms with Gasteiger partial charge >= 0.3 is 0 Å². The van der Waals surface area contributed by atoms with E-state index in [0.717, 1.165) is 7.11 Å². The first-order valence-electron chi connectivity index (χ1n) is 11.9. The van der Waals surface area contributed by atoms with Gasteiger partial charge in [0.05, 0.1) is 37.4 Å². The highest BCUT2D eigenvalue weighted by molar-refractivity contribution is 4.98. The molecule has 3 aliphatic heterocycles. The van der Waals surface area contributed by atoms with Crippen molar-refractivity contribution in [2.45, 2.75) is 98.9 Å². The molecule has 3 rings (SSSR count). The molecule has 16 nitrogen and oxygen atoms in total. The smallest absolute Gasteiger partial charge is 0.176 e. The number of hydrogen-bond donors (Lipinski definition) is 9. The molecule has 12 N–H and O–H groups in total. The summed E-state index contributed by atoms with van der Waals surface area (Å²) in [5.41, 5.74) is 18.2. The van der Waals surface area contributed by atoms with E-state index in [-0.39, 0.29) is 0 Å². The molecule has 0 saturated carbocycles. The molecule has 0 aromatic rings. The van der Waals surface area contributed by atoms with Crippen LogP contribution in [0.15, 0.2) is 0 Å².